The Balaban J connectivity index is 1.88. The summed E-state index contributed by atoms with van der Waals surface area (Å²) in [5, 5.41) is 13.2. The zero-order valence-corrected chi connectivity index (χ0v) is 14.2. The third kappa shape index (κ3) is 4.99. The van der Waals surface area contributed by atoms with Gasteiger partial charge in [0.1, 0.15) is 12.7 Å². The van der Waals surface area contributed by atoms with Crippen molar-refractivity contribution in [1.82, 2.24) is 0 Å². The lowest BCUT2D eigenvalue weighted by Gasteiger charge is -2.16. The quantitative estimate of drug-likeness (QED) is 0.729. The van der Waals surface area contributed by atoms with Crippen molar-refractivity contribution >= 4 is 11.5 Å². The first-order valence-electron chi connectivity index (χ1n) is 7.80. The van der Waals surface area contributed by atoms with E-state index >= 15 is 0 Å². The van der Waals surface area contributed by atoms with Crippen molar-refractivity contribution in [3.05, 3.63) is 53.6 Å². The van der Waals surface area contributed by atoms with Crippen LogP contribution in [0.1, 0.15) is 22.8 Å². The number of Topliss-reactive ketones (excluding diaryl/α,β-unsaturated/α-hetero) is 1. The van der Waals surface area contributed by atoms with E-state index in [1.807, 2.05) is 31.2 Å². The number of rotatable bonds is 8. The molecule has 128 valence electrons. The fourth-order valence-electron chi connectivity index (χ4n) is 2.16. The van der Waals surface area contributed by atoms with Crippen LogP contribution < -0.4 is 14.8 Å². The van der Waals surface area contributed by atoms with Gasteiger partial charge >= 0.3 is 0 Å². The monoisotopic (exact) mass is 329 g/mol. The van der Waals surface area contributed by atoms with E-state index in [0.29, 0.717) is 23.6 Å². The predicted octanol–water partition coefficient (Wildman–Crippen LogP) is 3.06. The maximum atomic E-state index is 11.4. The van der Waals surface area contributed by atoms with E-state index in [4.69, 9.17) is 9.47 Å². The summed E-state index contributed by atoms with van der Waals surface area (Å²) >= 11 is 0. The molecule has 2 N–H and O–H groups in total. The Morgan fingerprint density at radius 3 is 2.50 bits per heavy atom. The van der Waals surface area contributed by atoms with Crippen molar-refractivity contribution in [1.29, 1.82) is 0 Å². The van der Waals surface area contributed by atoms with Gasteiger partial charge in [0.2, 0.25) is 0 Å². The summed E-state index contributed by atoms with van der Waals surface area (Å²) in [7, 11) is 1.52. The van der Waals surface area contributed by atoms with Crippen molar-refractivity contribution < 1.29 is 19.4 Å². The molecule has 0 unspecified atom stereocenters. The Bertz CT molecular complexity index is 682. The number of carbonyl (C=O) groups is 1. The van der Waals surface area contributed by atoms with Crippen LogP contribution in [-0.2, 0) is 0 Å². The van der Waals surface area contributed by atoms with Crippen LogP contribution in [-0.4, -0.2) is 37.3 Å². The van der Waals surface area contributed by atoms with Crippen molar-refractivity contribution in [2.75, 3.05) is 25.6 Å². The Labute approximate surface area is 142 Å². The van der Waals surface area contributed by atoms with Gasteiger partial charge in [-0.3, -0.25) is 4.79 Å². The van der Waals surface area contributed by atoms with E-state index in [1.165, 1.54) is 19.6 Å². The minimum Gasteiger partial charge on any atom is -0.493 e. The van der Waals surface area contributed by atoms with Gasteiger partial charge in [-0.1, -0.05) is 17.7 Å². The largest absolute Gasteiger partial charge is 0.493 e. The number of aliphatic hydroxyl groups is 1. The molecule has 1 atom stereocenters. The highest BCUT2D eigenvalue weighted by Gasteiger charge is 2.11. The van der Waals surface area contributed by atoms with E-state index < -0.39 is 6.10 Å². The number of carbonyl (C=O) groups excluding carboxylic acids is 1. The van der Waals surface area contributed by atoms with Gasteiger partial charge < -0.3 is 19.9 Å². The molecule has 0 spiro atoms. The highest BCUT2D eigenvalue weighted by atomic mass is 16.5. The second-order valence-electron chi connectivity index (χ2n) is 5.63. The van der Waals surface area contributed by atoms with Gasteiger partial charge in [-0.2, -0.15) is 0 Å². The van der Waals surface area contributed by atoms with Gasteiger partial charge in [-0.15, -0.1) is 0 Å². The zero-order valence-electron chi connectivity index (χ0n) is 14.2. The number of hydrogen-bond donors (Lipinski definition) is 2. The maximum Gasteiger partial charge on any atom is 0.161 e. The van der Waals surface area contributed by atoms with Gasteiger partial charge in [-0.25, -0.2) is 0 Å². The topological polar surface area (TPSA) is 67.8 Å². The minimum atomic E-state index is -0.677. The van der Waals surface area contributed by atoms with Crippen molar-refractivity contribution in [3.8, 4) is 11.5 Å². The van der Waals surface area contributed by atoms with Crippen LogP contribution in [0, 0.1) is 6.92 Å². The van der Waals surface area contributed by atoms with E-state index in [0.717, 1.165) is 5.69 Å². The number of methoxy groups -OCH3 is 1. The average Bonchev–Trinajstić information content (AvgIpc) is 2.59. The molecule has 24 heavy (non-hydrogen) atoms. The van der Waals surface area contributed by atoms with E-state index in [-0.39, 0.29) is 12.4 Å². The van der Waals surface area contributed by atoms with Crippen LogP contribution in [0.3, 0.4) is 0 Å². The molecular formula is C19H23NO4. The SMILES string of the molecule is COc1cc(C(C)=O)ccc1OC[C@@H](O)CNc1ccc(C)cc1. The van der Waals surface area contributed by atoms with Crippen LogP contribution in [0.5, 0.6) is 11.5 Å². The number of anilines is 1. The number of benzene rings is 2. The minimum absolute atomic E-state index is 0.0396. The van der Waals surface area contributed by atoms with Crippen LogP contribution in [0.2, 0.25) is 0 Å². The molecule has 0 aliphatic carbocycles. The smallest absolute Gasteiger partial charge is 0.161 e. The lowest BCUT2D eigenvalue weighted by atomic mass is 10.1. The summed E-state index contributed by atoms with van der Waals surface area (Å²) < 4.78 is 10.8. The molecule has 0 saturated carbocycles. The third-order valence-electron chi connectivity index (χ3n) is 3.59. The van der Waals surface area contributed by atoms with Crippen LogP contribution in [0.4, 0.5) is 5.69 Å². The summed E-state index contributed by atoms with van der Waals surface area (Å²) in [6.07, 6.45) is -0.677. The number of ketones is 1. The summed E-state index contributed by atoms with van der Waals surface area (Å²) in [5.74, 6) is 0.931. The number of aryl methyl sites for hydroxylation is 1. The molecule has 0 amide bonds. The second kappa shape index (κ2) is 8.36. The van der Waals surface area contributed by atoms with E-state index in [9.17, 15) is 9.90 Å². The summed E-state index contributed by atoms with van der Waals surface area (Å²) in [4.78, 5) is 11.4. The Kier molecular flexibility index (Phi) is 6.21. The fourth-order valence-corrected chi connectivity index (χ4v) is 2.16. The normalized spacial score (nSPS) is 11.7. The van der Waals surface area contributed by atoms with Crippen LogP contribution in [0.25, 0.3) is 0 Å². The van der Waals surface area contributed by atoms with Crippen LogP contribution in [0.15, 0.2) is 42.5 Å². The summed E-state index contributed by atoms with van der Waals surface area (Å²) in [5.41, 5.74) is 2.69. The van der Waals surface area contributed by atoms with Gasteiger partial charge in [0.05, 0.1) is 7.11 Å². The third-order valence-corrected chi connectivity index (χ3v) is 3.59. The first-order valence-corrected chi connectivity index (χ1v) is 7.80. The van der Waals surface area contributed by atoms with Gasteiger partial charge in [0.25, 0.3) is 0 Å². The molecule has 0 aliphatic rings. The van der Waals surface area contributed by atoms with Crippen molar-refractivity contribution in [3.63, 3.8) is 0 Å². The first-order chi connectivity index (χ1) is 11.5. The second-order valence-corrected chi connectivity index (χ2v) is 5.63. The fraction of sp³-hybridized carbons (Fsp3) is 0.316. The number of nitrogens with one attached hydrogen (secondary N) is 1. The molecule has 0 aromatic heterocycles. The maximum absolute atomic E-state index is 11.4. The van der Waals surface area contributed by atoms with E-state index in [1.54, 1.807) is 18.2 Å². The highest BCUT2D eigenvalue weighted by Crippen LogP contribution is 2.28. The molecule has 0 bridgehead atoms. The molecule has 2 rings (SSSR count). The Morgan fingerprint density at radius 2 is 1.88 bits per heavy atom. The molecule has 2 aromatic rings. The van der Waals surface area contributed by atoms with Crippen LogP contribution >= 0.6 is 0 Å². The predicted molar refractivity (Wildman–Crippen MR) is 94.2 cm³/mol. The van der Waals surface area contributed by atoms with E-state index in [2.05, 4.69) is 5.32 Å². The van der Waals surface area contributed by atoms with Gasteiger partial charge in [-0.05, 0) is 44.2 Å². The molecule has 5 nitrogen and oxygen atoms in total. The lowest BCUT2D eigenvalue weighted by molar-refractivity contribution is 0.101. The molecule has 0 radical (unpaired) electrons. The molecule has 0 heterocycles. The Hall–Kier alpha value is -2.53. The van der Waals surface area contributed by atoms with Crippen molar-refractivity contribution in [2.45, 2.75) is 20.0 Å². The molecule has 0 aliphatic heterocycles. The molecule has 0 saturated heterocycles. The summed E-state index contributed by atoms with van der Waals surface area (Å²) in [6.45, 7) is 4.01. The molecule has 0 fully saturated rings. The molecular weight excluding hydrogens is 306 g/mol. The first kappa shape index (κ1) is 17.8. The number of ether oxygens (including phenoxy) is 2. The lowest BCUT2D eigenvalue weighted by Crippen LogP contribution is -2.26. The van der Waals surface area contributed by atoms with Gasteiger partial charge in [0.15, 0.2) is 17.3 Å². The number of aliphatic hydroxyl groups excluding tert-OH is 1. The summed E-state index contributed by atoms with van der Waals surface area (Å²) in [6, 6.07) is 12.9. The molecule has 2 aromatic carbocycles. The highest BCUT2D eigenvalue weighted by molar-refractivity contribution is 5.94. The standard InChI is InChI=1S/C19H23NO4/c1-13-4-7-16(8-5-13)20-11-17(22)12-24-18-9-6-15(14(2)21)10-19(18)23-3/h4-10,17,20,22H,11-12H2,1-3H3/t17-/m0/s1. The van der Waals surface area contributed by atoms with Gasteiger partial charge in [0, 0.05) is 17.8 Å². The average molecular weight is 329 g/mol. The van der Waals surface area contributed by atoms with Crippen molar-refractivity contribution in [2.24, 2.45) is 0 Å². The Morgan fingerprint density at radius 1 is 1.17 bits per heavy atom. The zero-order chi connectivity index (χ0) is 17.5. The number of hydrogen-bond acceptors (Lipinski definition) is 5. The molecule has 5 heteroatoms.